The van der Waals surface area contributed by atoms with Crippen molar-refractivity contribution >= 4 is 5.91 Å². The summed E-state index contributed by atoms with van der Waals surface area (Å²) in [4.78, 5) is 16.4. The molecule has 2 aliphatic rings. The van der Waals surface area contributed by atoms with Crippen LogP contribution in [0.1, 0.15) is 26.2 Å². The fourth-order valence-corrected chi connectivity index (χ4v) is 2.98. The van der Waals surface area contributed by atoms with E-state index in [0.29, 0.717) is 6.54 Å². The molecule has 1 unspecified atom stereocenters. The highest BCUT2D eigenvalue weighted by atomic mass is 16.5. The van der Waals surface area contributed by atoms with Crippen LogP contribution in [0, 0.1) is 11.3 Å². The van der Waals surface area contributed by atoms with Crippen LogP contribution in [-0.4, -0.2) is 73.7 Å². The number of nitrogens with one attached hydrogen (secondary N) is 1. The van der Waals surface area contributed by atoms with E-state index in [1.807, 2.05) is 6.92 Å². The Kier molecular flexibility index (Phi) is 6.43. The van der Waals surface area contributed by atoms with Gasteiger partial charge >= 0.3 is 0 Å². The van der Waals surface area contributed by atoms with Gasteiger partial charge in [0.15, 0.2) is 0 Å². The maximum atomic E-state index is 12.0. The van der Waals surface area contributed by atoms with Gasteiger partial charge in [-0.25, -0.2) is 0 Å². The van der Waals surface area contributed by atoms with E-state index < -0.39 is 0 Å². The van der Waals surface area contributed by atoms with Crippen LogP contribution >= 0.6 is 0 Å². The molecule has 2 fully saturated rings. The number of hydrogen-bond acceptors (Lipinski definition) is 5. The maximum absolute atomic E-state index is 12.0. The van der Waals surface area contributed by atoms with Crippen LogP contribution in [0.15, 0.2) is 0 Å². The zero-order chi connectivity index (χ0) is 15.1. The summed E-state index contributed by atoms with van der Waals surface area (Å²) in [6, 6.07) is 2.64. The molecule has 6 heteroatoms. The topological polar surface area (TPSA) is 68.6 Å². The van der Waals surface area contributed by atoms with Gasteiger partial charge in [0.2, 0.25) is 5.91 Å². The van der Waals surface area contributed by atoms with E-state index in [0.717, 1.165) is 58.7 Å². The number of piperazine rings is 1. The average molecular weight is 294 g/mol. The second-order valence-electron chi connectivity index (χ2n) is 5.82. The van der Waals surface area contributed by atoms with Crippen molar-refractivity contribution < 1.29 is 9.53 Å². The number of carbonyl (C=O) groups excluding carboxylic acids is 1. The predicted octanol–water partition coefficient (Wildman–Crippen LogP) is 0.201. The molecule has 118 valence electrons. The molecule has 0 aromatic heterocycles. The molecule has 0 bridgehead atoms. The summed E-state index contributed by atoms with van der Waals surface area (Å²) in [7, 11) is 0. The third kappa shape index (κ3) is 4.95. The number of ether oxygens (including phenoxy) is 1. The van der Waals surface area contributed by atoms with E-state index in [2.05, 4.69) is 21.2 Å². The van der Waals surface area contributed by atoms with E-state index in [4.69, 9.17) is 10.00 Å². The lowest BCUT2D eigenvalue weighted by molar-refractivity contribution is -0.124. The van der Waals surface area contributed by atoms with Crippen LogP contribution in [0.2, 0.25) is 0 Å². The second kappa shape index (κ2) is 8.32. The first-order valence-electron chi connectivity index (χ1n) is 7.96. The van der Waals surface area contributed by atoms with E-state index >= 15 is 0 Å². The minimum Gasteiger partial charge on any atom is -0.381 e. The van der Waals surface area contributed by atoms with Gasteiger partial charge in [0.1, 0.15) is 0 Å². The molecule has 1 N–H and O–H groups in total. The largest absolute Gasteiger partial charge is 0.381 e. The Labute approximate surface area is 127 Å². The summed E-state index contributed by atoms with van der Waals surface area (Å²) in [5, 5.41) is 12.2. The average Bonchev–Trinajstić information content (AvgIpc) is 2.51. The monoisotopic (exact) mass is 294 g/mol. The standard InChI is InChI=1S/C15H26N4O2/c1-2-14(11-16)19-7-5-18(6-8-19)12-15(20)17-13-3-9-21-10-4-13/h13-14H,2-10,12H2,1H3,(H,17,20). The Morgan fingerprint density at radius 2 is 2.00 bits per heavy atom. The first kappa shape index (κ1) is 16.2. The lowest BCUT2D eigenvalue weighted by Crippen LogP contribution is -2.52. The highest BCUT2D eigenvalue weighted by Gasteiger charge is 2.24. The van der Waals surface area contributed by atoms with Gasteiger partial charge in [-0.05, 0) is 19.3 Å². The molecule has 0 aliphatic carbocycles. The van der Waals surface area contributed by atoms with Crippen LogP contribution < -0.4 is 5.32 Å². The SMILES string of the molecule is CCC(C#N)N1CCN(CC(=O)NC2CCOCC2)CC1. The van der Waals surface area contributed by atoms with Gasteiger partial charge in [-0.2, -0.15) is 5.26 Å². The Morgan fingerprint density at radius 3 is 2.57 bits per heavy atom. The van der Waals surface area contributed by atoms with Crippen molar-refractivity contribution in [2.45, 2.75) is 38.3 Å². The Morgan fingerprint density at radius 1 is 1.33 bits per heavy atom. The molecule has 2 aliphatic heterocycles. The number of carbonyl (C=O) groups is 1. The Hall–Kier alpha value is -1.16. The molecule has 6 nitrogen and oxygen atoms in total. The van der Waals surface area contributed by atoms with E-state index in [1.165, 1.54) is 0 Å². The fourth-order valence-electron chi connectivity index (χ4n) is 2.98. The summed E-state index contributed by atoms with van der Waals surface area (Å²) in [6.07, 6.45) is 2.69. The Bertz CT molecular complexity index is 368. The number of rotatable bonds is 5. The van der Waals surface area contributed by atoms with Crippen molar-refractivity contribution in [1.82, 2.24) is 15.1 Å². The highest BCUT2D eigenvalue weighted by Crippen LogP contribution is 2.09. The van der Waals surface area contributed by atoms with Crippen LogP contribution in [0.3, 0.4) is 0 Å². The first-order chi connectivity index (χ1) is 10.2. The van der Waals surface area contributed by atoms with Crippen molar-refractivity contribution in [2.75, 3.05) is 45.9 Å². The molecule has 2 heterocycles. The summed E-state index contributed by atoms with van der Waals surface area (Å²) >= 11 is 0. The third-order valence-corrected chi connectivity index (χ3v) is 4.34. The lowest BCUT2D eigenvalue weighted by atomic mass is 10.1. The quantitative estimate of drug-likeness (QED) is 0.784. The van der Waals surface area contributed by atoms with Gasteiger partial charge < -0.3 is 10.1 Å². The van der Waals surface area contributed by atoms with Gasteiger partial charge in [0.25, 0.3) is 0 Å². The van der Waals surface area contributed by atoms with Crippen LogP contribution in [0.25, 0.3) is 0 Å². The van der Waals surface area contributed by atoms with Gasteiger partial charge in [0.05, 0.1) is 18.7 Å². The molecule has 0 aromatic rings. The van der Waals surface area contributed by atoms with Crippen molar-refractivity contribution in [3.8, 4) is 6.07 Å². The van der Waals surface area contributed by atoms with E-state index in [-0.39, 0.29) is 18.0 Å². The second-order valence-corrected chi connectivity index (χ2v) is 5.82. The maximum Gasteiger partial charge on any atom is 0.234 e. The highest BCUT2D eigenvalue weighted by molar-refractivity contribution is 5.78. The minimum atomic E-state index is 0.0169. The van der Waals surface area contributed by atoms with Crippen molar-refractivity contribution in [2.24, 2.45) is 0 Å². The molecule has 2 rings (SSSR count). The number of nitriles is 1. The van der Waals surface area contributed by atoms with Gasteiger partial charge in [-0.3, -0.25) is 14.6 Å². The lowest BCUT2D eigenvalue weighted by Gasteiger charge is -2.36. The number of amides is 1. The van der Waals surface area contributed by atoms with Crippen molar-refractivity contribution in [1.29, 1.82) is 5.26 Å². The normalized spacial score (nSPS) is 23.4. The number of hydrogen-bond donors (Lipinski definition) is 1. The molecule has 21 heavy (non-hydrogen) atoms. The van der Waals surface area contributed by atoms with Crippen LogP contribution in [-0.2, 0) is 9.53 Å². The molecule has 0 saturated carbocycles. The molecule has 0 spiro atoms. The third-order valence-electron chi connectivity index (χ3n) is 4.34. The number of nitrogens with zero attached hydrogens (tertiary/aromatic N) is 3. The zero-order valence-corrected chi connectivity index (χ0v) is 12.9. The van der Waals surface area contributed by atoms with Gasteiger partial charge in [-0.15, -0.1) is 0 Å². The molecule has 0 radical (unpaired) electrons. The molecule has 1 atom stereocenters. The van der Waals surface area contributed by atoms with Crippen molar-refractivity contribution in [3.63, 3.8) is 0 Å². The van der Waals surface area contributed by atoms with Gasteiger partial charge in [0, 0.05) is 45.4 Å². The smallest absolute Gasteiger partial charge is 0.234 e. The molecule has 0 aromatic carbocycles. The molecular weight excluding hydrogens is 268 g/mol. The van der Waals surface area contributed by atoms with E-state index in [1.54, 1.807) is 0 Å². The fraction of sp³-hybridized carbons (Fsp3) is 0.867. The summed E-state index contributed by atoms with van der Waals surface area (Å²) < 4.78 is 5.29. The van der Waals surface area contributed by atoms with E-state index in [9.17, 15) is 4.79 Å². The van der Waals surface area contributed by atoms with Crippen LogP contribution in [0.4, 0.5) is 0 Å². The minimum absolute atomic E-state index is 0.0169. The first-order valence-corrected chi connectivity index (χ1v) is 7.96. The molecule has 2 saturated heterocycles. The summed E-state index contributed by atoms with van der Waals surface area (Å²) in [5.41, 5.74) is 0. The van der Waals surface area contributed by atoms with Crippen molar-refractivity contribution in [3.05, 3.63) is 0 Å². The summed E-state index contributed by atoms with van der Waals surface area (Å²) in [6.45, 7) is 7.47. The molecule has 1 amide bonds. The Balaban J connectivity index is 1.68. The zero-order valence-electron chi connectivity index (χ0n) is 12.9. The molecular formula is C15H26N4O2. The summed E-state index contributed by atoms with van der Waals surface area (Å²) in [5.74, 6) is 0.114. The predicted molar refractivity (Wildman–Crippen MR) is 79.7 cm³/mol. The van der Waals surface area contributed by atoms with Gasteiger partial charge in [-0.1, -0.05) is 6.92 Å². The van der Waals surface area contributed by atoms with Crippen LogP contribution in [0.5, 0.6) is 0 Å².